The van der Waals surface area contributed by atoms with Gasteiger partial charge in [0.2, 0.25) is 5.91 Å². The Kier molecular flexibility index (Phi) is 6.22. The first-order chi connectivity index (χ1) is 9.63. The number of unbranched alkanes of at least 4 members (excludes halogenated alkanes) is 1. The number of carbonyl (C=O) groups is 2. The predicted octanol–water partition coefficient (Wildman–Crippen LogP) is 2.42. The molecule has 0 bridgehead atoms. The molecule has 4 nitrogen and oxygen atoms in total. The zero-order valence-corrected chi connectivity index (χ0v) is 12.4. The van der Waals surface area contributed by atoms with Gasteiger partial charge in [-0.3, -0.25) is 9.59 Å². The van der Waals surface area contributed by atoms with E-state index >= 15 is 0 Å². The van der Waals surface area contributed by atoms with Gasteiger partial charge < -0.3 is 10.1 Å². The minimum Gasteiger partial charge on any atom is -0.465 e. The van der Waals surface area contributed by atoms with Crippen molar-refractivity contribution < 1.29 is 14.3 Å². The summed E-state index contributed by atoms with van der Waals surface area (Å²) in [5.74, 6) is -0.783. The van der Waals surface area contributed by atoms with Crippen molar-refractivity contribution in [2.24, 2.45) is 0 Å². The number of benzene rings is 1. The highest BCUT2D eigenvalue weighted by atomic mass is 16.5. The smallest absolute Gasteiger partial charge is 0.326 e. The van der Waals surface area contributed by atoms with Gasteiger partial charge in [-0.1, -0.05) is 50.1 Å². The van der Waals surface area contributed by atoms with E-state index in [1.807, 2.05) is 37.3 Å². The second kappa shape index (κ2) is 7.68. The van der Waals surface area contributed by atoms with Gasteiger partial charge >= 0.3 is 5.97 Å². The van der Waals surface area contributed by atoms with Crippen LogP contribution in [-0.4, -0.2) is 25.5 Å². The number of amides is 1. The molecule has 1 aromatic carbocycles. The molecular formula is C16H23NO3. The fraction of sp³-hybridized carbons (Fsp3) is 0.500. The van der Waals surface area contributed by atoms with Crippen LogP contribution in [0.3, 0.4) is 0 Å². The number of hydrogen-bond acceptors (Lipinski definition) is 3. The number of carbonyl (C=O) groups excluding carboxylic acids is 2. The normalized spacial score (nSPS) is 13.3. The number of ether oxygens (including phenoxy) is 1. The molecule has 0 spiro atoms. The Morgan fingerprint density at radius 2 is 1.85 bits per heavy atom. The van der Waals surface area contributed by atoms with Crippen LogP contribution in [0.2, 0.25) is 0 Å². The molecule has 0 saturated carbocycles. The van der Waals surface area contributed by atoms with Gasteiger partial charge in [0, 0.05) is 7.05 Å². The third kappa shape index (κ3) is 3.18. The fourth-order valence-corrected chi connectivity index (χ4v) is 2.33. The third-order valence-electron chi connectivity index (χ3n) is 3.41. The van der Waals surface area contributed by atoms with Crippen LogP contribution in [0.1, 0.15) is 38.7 Å². The number of likely N-dealkylation sites (N-methyl/N-ethyl adjacent to an activating group) is 1. The summed E-state index contributed by atoms with van der Waals surface area (Å²) in [6, 6.07) is 9.14. The molecule has 0 aromatic heterocycles. The molecule has 0 fully saturated rings. The maximum atomic E-state index is 12.5. The summed E-state index contributed by atoms with van der Waals surface area (Å²) in [6.07, 6.45) is 2.14. The summed E-state index contributed by atoms with van der Waals surface area (Å²) in [7, 11) is 1.55. The van der Waals surface area contributed by atoms with E-state index in [1.165, 1.54) is 0 Å². The lowest BCUT2D eigenvalue weighted by Crippen LogP contribution is -2.50. The number of rotatable bonds is 7. The summed E-state index contributed by atoms with van der Waals surface area (Å²) < 4.78 is 5.18. The fourth-order valence-electron chi connectivity index (χ4n) is 2.33. The van der Waals surface area contributed by atoms with Crippen LogP contribution in [0, 0.1) is 0 Å². The topological polar surface area (TPSA) is 55.4 Å². The van der Waals surface area contributed by atoms with Crippen LogP contribution in [0.15, 0.2) is 30.3 Å². The van der Waals surface area contributed by atoms with Crippen molar-refractivity contribution in [1.29, 1.82) is 0 Å². The van der Waals surface area contributed by atoms with E-state index in [2.05, 4.69) is 5.32 Å². The largest absolute Gasteiger partial charge is 0.465 e. The molecule has 110 valence electrons. The van der Waals surface area contributed by atoms with Crippen LogP contribution >= 0.6 is 0 Å². The van der Waals surface area contributed by atoms with Crippen molar-refractivity contribution in [3.05, 3.63) is 35.9 Å². The maximum Gasteiger partial charge on any atom is 0.326 e. The van der Waals surface area contributed by atoms with Gasteiger partial charge in [0.15, 0.2) is 5.41 Å². The van der Waals surface area contributed by atoms with Gasteiger partial charge in [0.25, 0.3) is 0 Å². The van der Waals surface area contributed by atoms with E-state index < -0.39 is 11.4 Å². The Morgan fingerprint density at radius 3 is 2.35 bits per heavy atom. The van der Waals surface area contributed by atoms with Gasteiger partial charge in [0.05, 0.1) is 6.61 Å². The second-order valence-electron chi connectivity index (χ2n) is 4.67. The Labute approximate surface area is 120 Å². The third-order valence-corrected chi connectivity index (χ3v) is 3.41. The number of esters is 1. The van der Waals surface area contributed by atoms with Gasteiger partial charge in [-0.05, 0) is 18.9 Å². The molecule has 0 heterocycles. The number of hydrogen-bond donors (Lipinski definition) is 1. The van der Waals surface area contributed by atoms with Gasteiger partial charge in [0.1, 0.15) is 0 Å². The summed E-state index contributed by atoms with van der Waals surface area (Å²) in [5.41, 5.74) is -0.562. The minimum atomic E-state index is -1.25. The van der Waals surface area contributed by atoms with Gasteiger partial charge in [-0.2, -0.15) is 0 Å². The Morgan fingerprint density at radius 1 is 1.20 bits per heavy atom. The summed E-state index contributed by atoms with van der Waals surface area (Å²) in [4.78, 5) is 24.9. The molecule has 1 aromatic rings. The monoisotopic (exact) mass is 277 g/mol. The highest BCUT2D eigenvalue weighted by Gasteiger charge is 2.47. The van der Waals surface area contributed by atoms with Crippen molar-refractivity contribution in [1.82, 2.24) is 5.32 Å². The lowest BCUT2D eigenvalue weighted by atomic mass is 9.75. The van der Waals surface area contributed by atoms with Gasteiger partial charge in [-0.15, -0.1) is 0 Å². The van der Waals surface area contributed by atoms with Crippen LogP contribution in [0.5, 0.6) is 0 Å². The summed E-state index contributed by atoms with van der Waals surface area (Å²) in [6.45, 7) is 4.04. The Bertz CT molecular complexity index is 444. The highest BCUT2D eigenvalue weighted by Crippen LogP contribution is 2.32. The van der Waals surface area contributed by atoms with E-state index in [0.29, 0.717) is 12.0 Å². The standard InChI is InChI=1S/C16H23NO3/c1-4-6-12-16(14(18)17-3,15(19)20-5-2)13-10-8-7-9-11-13/h7-11H,4-6,12H2,1-3H3,(H,17,18). The van der Waals surface area contributed by atoms with Crippen LogP contribution < -0.4 is 5.32 Å². The average Bonchev–Trinajstić information content (AvgIpc) is 2.49. The van der Waals surface area contributed by atoms with Crippen LogP contribution in [-0.2, 0) is 19.7 Å². The van der Waals surface area contributed by atoms with Gasteiger partial charge in [-0.25, -0.2) is 0 Å². The molecule has 1 N–H and O–H groups in total. The molecule has 4 heteroatoms. The summed E-state index contributed by atoms with van der Waals surface area (Å²) >= 11 is 0. The lowest BCUT2D eigenvalue weighted by Gasteiger charge is -2.30. The predicted molar refractivity (Wildman–Crippen MR) is 78.3 cm³/mol. The molecular weight excluding hydrogens is 254 g/mol. The molecule has 1 rings (SSSR count). The Balaban J connectivity index is 3.32. The van der Waals surface area contributed by atoms with E-state index in [4.69, 9.17) is 4.74 Å². The Hall–Kier alpha value is -1.84. The zero-order chi connectivity index (χ0) is 15.0. The van der Waals surface area contributed by atoms with Crippen molar-refractivity contribution in [3.8, 4) is 0 Å². The van der Waals surface area contributed by atoms with E-state index in [-0.39, 0.29) is 12.5 Å². The van der Waals surface area contributed by atoms with E-state index in [1.54, 1.807) is 14.0 Å². The quantitative estimate of drug-likeness (QED) is 0.615. The minimum absolute atomic E-state index is 0.260. The molecule has 0 radical (unpaired) electrons. The van der Waals surface area contributed by atoms with Crippen molar-refractivity contribution >= 4 is 11.9 Å². The molecule has 0 aliphatic heterocycles. The summed E-state index contributed by atoms with van der Waals surface area (Å²) in [5, 5.41) is 2.61. The molecule has 1 atom stereocenters. The molecule has 0 saturated heterocycles. The second-order valence-corrected chi connectivity index (χ2v) is 4.67. The first-order valence-electron chi connectivity index (χ1n) is 7.08. The molecule has 0 aliphatic rings. The van der Waals surface area contributed by atoms with Crippen LogP contribution in [0.4, 0.5) is 0 Å². The molecule has 1 unspecified atom stereocenters. The lowest BCUT2D eigenvalue weighted by molar-refractivity contribution is -0.155. The zero-order valence-electron chi connectivity index (χ0n) is 12.4. The van der Waals surface area contributed by atoms with Crippen molar-refractivity contribution in [3.63, 3.8) is 0 Å². The van der Waals surface area contributed by atoms with Crippen molar-refractivity contribution in [2.75, 3.05) is 13.7 Å². The van der Waals surface area contributed by atoms with E-state index in [9.17, 15) is 9.59 Å². The molecule has 1 amide bonds. The highest BCUT2D eigenvalue weighted by molar-refractivity contribution is 6.08. The van der Waals surface area contributed by atoms with Crippen LogP contribution in [0.25, 0.3) is 0 Å². The SMILES string of the molecule is CCCCC(C(=O)NC)(C(=O)OCC)c1ccccc1. The maximum absolute atomic E-state index is 12.5. The van der Waals surface area contributed by atoms with Crippen molar-refractivity contribution in [2.45, 2.75) is 38.5 Å². The molecule has 0 aliphatic carbocycles. The first-order valence-corrected chi connectivity index (χ1v) is 7.08. The average molecular weight is 277 g/mol. The number of nitrogens with one attached hydrogen (secondary N) is 1. The first kappa shape index (κ1) is 16.2. The molecule has 20 heavy (non-hydrogen) atoms. The van der Waals surface area contributed by atoms with E-state index in [0.717, 1.165) is 12.8 Å².